The van der Waals surface area contributed by atoms with E-state index in [0.717, 1.165) is 5.56 Å². The highest BCUT2D eigenvalue weighted by atomic mass is 16.5. The molecule has 0 spiro atoms. The normalized spacial score (nSPS) is 10.7. The number of nitrogens with zero attached hydrogens (tertiary/aromatic N) is 3. The van der Waals surface area contributed by atoms with Gasteiger partial charge >= 0.3 is 0 Å². The van der Waals surface area contributed by atoms with E-state index in [1.807, 2.05) is 48.5 Å². The van der Waals surface area contributed by atoms with Crippen LogP contribution in [0.1, 0.15) is 16.2 Å². The summed E-state index contributed by atoms with van der Waals surface area (Å²) in [6, 6.07) is 19.8. The lowest BCUT2D eigenvalue weighted by Crippen LogP contribution is -2.34. The first kappa shape index (κ1) is 20.9. The first-order valence-electron chi connectivity index (χ1n) is 9.90. The lowest BCUT2D eigenvalue weighted by Gasteiger charge is -2.07. The fraction of sp³-hybridized carbons (Fsp3) is 0.130. The minimum Gasteiger partial charge on any atom is -0.355 e. The third-order valence-corrected chi connectivity index (χ3v) is 5.03. The Balaban J connectivity index is 1.42. The molecule has 0 bridgehead atoms. The molecule has 0 atom stereocenters. The molecule has 2 N–H and O–H groups in total. The van der Waals surface area contributed by atoms with Crippen LogP contribution in [0.2, 0.25) is 0 Å². The SMILES string of the molecule is Cc1c(NC(=O)CNC(=O)c2cc(-c3ccccc3)on2)c(=O)n(-c2ccccc2)n1C. The van der Waals surface area contributed by atoms with E-state index in [9.17, 15) is 14.4 Å². The largest absolute Gasteiger partial charge is 0.355 e. The van der Waals surface area contributed by atoms with E-state index in [1.165, 1.54) is 10.7 Å². The number of carbonyl (C=O) groups excluding carboxylic acids is 2. The second-order valence-corrected chi connectivity index (χ2v) is 7.11. The van der Waals surface area contributed by atoms with Crippen LogP contribution in [0.5, 0.6) is 0 Å². The van der Waals surface area contributed by atoms with E-state index in [1.54, 1.807) is 30.8 Å². The Morgan fingerprint density at radius 3 is 2.38 bits per heavy atom. The first-order chi connectivity index (χ1) is 15.5. The topological polar surface area (TPSA) is 111 Å². The van der Waals surface area contributed by atoms with Crippen molar-refractivity contribution in [1.29, 1.82) is 0 Å². The van der Waals surface area contributed by atoms with Crippen molar-refractivity contribution in [3.05, 3.63) is 88.5 Å². The zero-order valence-electron chi connectivity index (χ0n) is 17.5. The molecule has 0 unspecified atom stereocenters. The third kappa shape index (κ3) is 4.08. The summed E-state index contributed by atoms with van der Waals surface area (Å²) in [5.74, 6) is -0.643. The fourth-order valence-corrected chi connectivity index (χ4v) is 3.27. The molecular formula is C23H21N5O4. The minimum absolute atomic E-state index is 0.0546. The summed E-state index contributed by atoms with van der Waals surface area (Å²) in [5, 5.41) is 8.84. The van der Waals surface area contributed by atoms with Crippen molar-refractivity contribution in [2.45, 2.75) is 6.92 Å². The van der Waals surface area contributed by atoms with Gasteiger partial charge in [0.25, 0.3) is 11.5 Å². The number of amides is 2. The standard InChI is InChI=1S/C23H21N5O4/c1-15-21(23(31)28(27(15)2)17-11-7-4-8-12-17)25-20(29)14-24-22(30)18-13-19(32-26-18)16-9-5-3-6-10-16/h3-13H,14H2,1-2H3,(H,24,30)(H,25,29). The highest BCUT2D eigenvalue weighted by Crippen LogP contribution is 2.19. The molecule has 0 saturated heterocycles. The molecule has 0 saturated carbocycles. The molecule has 2 heterocycles. The zero-order chi connectivity index (χ0) is 22.7. The summed E-state index contributed by atoms with van der Waals surface area (Å²) < 4.78 is 8.33. The monoisotopic (exact) mass is 431 g/mol. The van der Waals surface area contributed by atoms with Crippen LogP contribution in [0.15, 0.2) is 76.0 Å². The summed E-state index contributed by atoms with van der Waals surface area (Å²) in [6.45, 7) is 1.40. The van der Waals surface area contributed by atoms with Crippen molar-refractivity contribution in [2.24, 2.45) is 7.05 Å². The van der Waals surface area contributed by atoms with Crippen molar-refractivity contribution >= 4 is 17.5 Å². The van der Waals surface area contributed by atoms with Crippen LogP contribution in [0.4, 0.5) is 5.69 Å². The molecule has 0 fully saturated rings. The molecule has 9 nitrogen and oxygen atoms in total. The minimum atomic E-state index is -0.558. The van der Waals surface area contributed by atoms with Crippen LogP contribution in [-0.2, 0) is 11.8 Å². The van der Waals surface area contributed by atoms with Gasteiger partial charge < -0.3 is 15.2 Å². The molecule has 2 aromatic heterocycles. The molecule has 0 aliphatic carbocycles. The number of anilines is 1. The number of hydrogen-bond donors (Lipinski definition) is 2. The molecule has 162 valence electrons. The average molecular weight is 431 g/mol. The maximum atomic E-state index is 12.9. The van der Waals surface area contributed by atoms with Crippen molar-refractivity contribution in [2.75, 3.05) is 11.9 Å². The summed E-state index contributed by atoms with van der Waals surface area (Å²) in [7, 11) is 1.73. The number of nitrogens with one attached hydrogen (secondary N) is 2. The third-order valence-electron chi connectivity index (χ3n) is 5.03. The van der Waals surface area contributed by atoms with Crippen LogP contribution in [-0.4, -0.2) is 32.9 Å². The Morgan fingerprint density at radius 1 is 1.03 bits per heavy atom. The Morgan fingerprint density at radius 2 is 1.69 bits per heavy atom. The molecule has 32 heavy (non-hydrogen) atoms. The van der Waals surface area contributed by atoms with Crippen LogP contribution < -0.4 is 16.2 Å². The van der Waals surface area contributed by atoms with Gasteiger partial charge in [0.05, 0.1) is 17.9 Å². The van der Waals surface area contributed by atoms with Crippen LogP contribution in [0, 0.1) is 6.92 Å². The number of aromatic nitrogens is 3. The second kappa shape index (κ2) is 8.76. The number of rotatable bonds is 6. The van der Waals surface area contributed by atoms with E-state index in [0.29, 0.717) is 17.1 Å². The van der Waals surface area contributed by atoms with Gasteiger partial charge in [0.1, 0.15) is 5.69 Å². The first-order valence-corrected chi connectivity index (χ1v) is 9.90. The highest BCUT2D eigenvalue weighted by Gasteiger charge is 2.19. The van der Waals surface area contributed by atoms with Crippen molar-refractivity contribution < 1.29 is 14.1 Å². The van der Waals surface area contributed by atoms with Gasteiger partial charge in [0.15, 0.2) is 11.5 Å². The lowest BCUT2D eigenvalue weighted by atomic mass is 10.1. The molecule has 2 amide bonds. The van der Waals surface area contributed by atoms with Crippen LogP contribution >= 0.6 is 0 Å². The summed E-state index contributed by atoms with van der Waals surface area (Å²) in [6.07, 6.45) is 0. The summed E-state index contributed by atoms with van der Waals surface area (Å²) in [5.41, 5.74) is 1.90. The molecule has 2 aromatic carbocycles. The van der Waals surface area contributed by atoms with Gasteiger partial charge in [-0.25, -0.2) is 4.68 Å². The number of hydrogen-bond acceptors (Lipinski definition) is 5. The van der Waals surface area contributed by atoms with Crippen molar-refractivity contribution in [3.63, 3.8) is 0 Å². The zero-order valence-corrected chi connectivity index (χ0v) is 17.5. The second-order valence-electron chi connectivity index (χ2n) is 7.11. The predicted octanol–water partition coefficient (Wildman–Crippen LogP) is 2.51. The molecule has 4 rings (SSSR count). The summed E-state index contributed by atoms with van der Waals surface area (Å²) in [4.78, 5) is 37.6. The number of carbonyl (C=O) groups is 2. The van der Waals surface area contributed by atoms with Crippen LogP contribution in [0.3, 0.4) is 0 Å². The smallest absolute Gasteiger partial charge is 0.295 e. The van der Waals surface area contributed by atoms with Gasteiger partial charge in [-0.15, -0.1) is 0 Å². The quantitative estimate of drug-likeness (QED) is 0.487. The lowest BCUT2D eigenvalue weighted by molar-refractivity contribution is -0.115. The van der Waals surface area contributed by atoms with Crippen molar-refractivity contribution in [1.82, 2.24) is 19.8 Å². The molecule has 0 aliphatic rings. The molecular weight excluding hydrogens is 410 g/mol. The van der Waals surface area contributed by atoms with E-state index >= 15 is 0 Å². The maximum Gasteiger partial charge on any atom is 0.295 e. The van der Waals surface area contributed by atoms with Gasteiger partial charge in [-0.2, -0.15) is 0 Å². The Bertz CT molecular complexity index is 1320. The van der Waals surface area contributed by atoms with E-state index in [4.69, 9.17) is 4.52 Å². The van der Waals surface area contributed by atoms with Gasteiger partial charge in [0, 0.05) is 18.7 Å². The Kier molecular flexibility index (Phi) is 5.71. The highest BCUT2D eigenvalue weighted by molar-refractivity contribution is 5.98. The van der Waals surface area contributed by atoms with Crippen LogP contribution in [0.25, 0.3) is 17.0 Å². The van der Waals surface area contributed by atoms with E-state index in [2.05, 4.69) is 15.8 Å². The average Bonchev–Trinajstić information content (AvgIpc) is 3.39. The molecule has 0 radical (unpaired) electrons. The van der Waals surface area contributed by atoms with E-state index < -0.39 is 11.8 Å². The van der Waals surface area contributed by atoms with Gasteiger partial charge in [-0.05, 0) is 19.1 Å². The predicted molar refractivity (Wildman–Crippen MR) is 119 cm³/mol. The van der Waals surface area contributed by atoms with Gasteiger partial charge in [-0.3, -0.25) is 19.1 Å². The van der Waals surface area contributed by atoms with E-state index in [-0.39, 0.29) is 23.5 Å². The Labute approximate surface area is 183 Å². The van der Waals surface area contributed by atoms with Gasteiger partial charge in [0.2, 0.25) is 5.91 Å². The molecule has 9 heteroatoms. The number of para-hydroxylation sites is 1. The fourth-order valence-electron chi connectivity index (χ4n) is 3.27. The molecule has 4 aromatic rings. The maximum absolute atomic E-state index is 12.9. The Hall–Kier alpha value is -4.40. The molecule has 0 aliphatic heterocycles. The van der Waals surface area contributed by atoms with Crippen molar-refractivity contribution in [3.8, 4) is 17.0 Å². The van der Waals surface area contributed by atoms with Gasteiger partial charge in [-0.1, -0.05) is 53.7 Å². The summed E-state index contributed by atoms with van der Waals surface area (Å²) >= 11 is 0. The number of benzene rings is 2.